The molecule has 0 fully saturated rings. The second-order valence-electron chi connectivity index (χ2n) is 7.42. The third-order valence-corrected chi connectivity index (χ3v) is 5.36. The Labute approximate surface area is 177 Å². The van der Waals surface area contributed by atoms with Crippen LogP contribution in [0, 0.1) is 5.82 Å². The normalized spacial score (nSPS) is 13.0. The van der Waals surface area contributed by atoms with E-state index in [0.717, 1.165) is 36.3 Å². The average molecular weight is 418 g/mol. The lowest BCUT2D eigenvalue weighted by Crippen LogP contribution is -2.30. The lowest BCUT2D eigenvalue weighted by atomic mass is 9.78. The summed E-state index contributed by atoms with van der Waals surface area (Å²) in [7, 11) is -1.60. The molecular weight excluding hydrogens is 398 g/mol. The van der Waals surface area contributed by atoms with Gasteiger partial charge in [-0.15, -0.1) is 0 Å². The number of hydrogen-bond acceptors (Lipinski definition) is 7. The van der Waals surface area contributed by atoms with Crippen LogP contribution in [0.25, 0.3) is 16.9 Å². The fourth-order valence-corrected chi connectivity index (χ4v) is 3.86. The predicted molar refractivity (Wildman–Crippen MR) is 117 cm³/mol. The molecule has 156 valence electrons. The maximum Gasteiger partial charge on any atom is 0.489 e. The number of nitrogens with zero attached hydrogens (tertiary/aromatic N) is 4. The van der Waals surface area contributed by atoms with Crippen molar-refractivity contribution >= 4 is 35.1 Å². The highest BCUT2D eigenvalue weighted by atomic mass is 19.1. The van der Waals surface area contributed by atoms with Gasteiger partial charge in [0.1, 0.15) is 17.5 Å². The number of nitrogens with one attached hydrogen (secondary N) is 2. The van der Waals surface area contributed by atoms with Crippen LogP contribution in [0.15, 0.2) is 48.7 Å². The summed E-state index contributed by atoms with van der Waals surface area (Å²) in [4.78, 5) is 9.37. The zero-order valence-electron chi connectivity index (χ0n) is 16.6. The van der Waals surface area contributed by atoms with Crippen molar-refractivity contribution in [3.8, 4) is 5.95 Å². The molecule has 8 nitrogen and oxygen atoms in total. The third kappa shape index (κ3) is 3.71. The van der Waals surface area contributed by atoms with E-state index in [9.17, 15) is 14.4 Å². The summed E-state index contributed by atoms with van der Waals surface area (Å²) in [6, 6.07) is 11.6. The van der Waals surface area contributed by atoms with Gasteiger partial charge in [-0.2, -0.15) is 19.7 Å². The maximum absolute atomic E-state index is 13.5. The second-order valence-corrected chi connectivity index (χ2v) is 7.42. The summed E-state index contributed by atoms with van der Waals surface area (Å²) >= 11 is 0. The van der Waals surface area contributed by atoms with Gasteiger partial charge in [0.2, 0.25) is 0 Å². The first kappa shape index (κ1) is 19.5. The molecule has 0 unspecified atom stereocenters. The first-order valence-electron chi connectivity index (χ1n) is 10.1. The van der Waals surface area contributed by atoms with E-state index in [1.807, 2.05) is 12.1 Å². The number of fused-ring (bicyclic) bond motifs is 2. The summed E-state index contributed by atoms with van der Waals surface area (Å²) in [5.74, 6) is 1.48. The van der Waals surface area contributed by atoms with Gasteiger partial charge in [0.05, 0.1) is 11.7 Å². The molecular formula is C21H20BFN6O2. The smallest absolute Gasteiger partial charge is 0.423 e. The molecule has 3 heterocycles. The molecule has 0 saturated heterocycles. The Bertz CT molecular complexity index is 1260. The fourth-order valence-electron chi connectivity index (χ4n) is 3.86. The summed E-state index contributed by atoms with van der Waals surface area (Å²) in [5.41, 5.74) is 2.82. The van der Waals surface area contributed by atoms with Crippen molar-refractivity contribution in [2.75, 3.05) is 17.2 Å². The van der Waals surface area contributed by atoms with Crippen molar-refractivity contribution in [2.24, 2.45) is 0 Å². The van der Waals surface area contributed by atoms with Crippen LogP contribution in [0.5, 0.6) is 0 Å². The molecule has 4 aromatic rings. The second kappa shape index (κ2) is 7.97. The van der Waals surface area contributed by atoms with E-state index in [1.54, 1.807) is 29.1 Å². The molecule has 4 N–H and O–H groups in total. The van der Waals surface area contributed by atoms with Gasteiger partial charge in [0, 0.05) is 24.0 Å². The lowest BCUT2D eigenvalue weighted by Gasteiger charge is -2.21. The Morgan fingerprint density at radius 2 is 2.03 bits per heavy atom. The van der Waals surface area contributed by atoms with Crippen molar-refractivity contribution in [3.05, 3.63) is 65.6 Å². The number of aromatic nitrogens is 4. The van der Waals surface area contributed by atoms with Crippen LogP contribution < -0.4 is 16.1 Å². The molecule has 2 aromatic heterocycles. The van der Waals surface area contributed by atoms with E-state index in [1.165, 1.54) is 12.1 Å². The van der Waals surface area contributed by atoms with E-state index < -0.39 is 7.12 Å². The number of anilines is 2. The largest absolute Gasteiger partial charge is 0.489 e. The van der Waals surface area contributed by atoms with Crippen molar-refractivity contribution in [3.63, 3.8) is 0 Å². The van der Waals surface area contributed by atoms with Crippen molar-refractivity contribution in [1.82, 2.24) is 19.7 Å². The standard InChI is InChI=1S/C21H20BFN6O2/c23-14-5-1-4-13(10-14)11-25-20-15-6-3-9-24-19(15)27-21(28-20)29-18-8-2-7-17(22(30)31)16(18)12-26-29/h1-2,4-5,7-8,10,12,30-31H,3,6,9,11H2,(H2,24,25,27,28). The summed E-state index contributed by atoms with van der Waals surface area (Å²) in [6.45, 7) is 1.23. The molecule has 0 aliphatic carbocycles. The summed E-state index contributed by atoms with van der Waals surface area (Å²) in [6.07, 6.45) is 3.36. The SMILES string of the molecule is OB(O)c1cccc2c1cnn2-c1nc2c(c(NCc3cccc(F)c3)n1)CCCN2. The van der Waals surface area contributed by atoms with Crippen molar-refractivity contribution < 1.29 is 14.4 Å². The fraction of sp³-hybridized carbons (Fsp3) is 0.190. The Balaban J connectivity index is 1.56. The van der Waals surface area contributed by atoms with E-state index in [-0.39, 0.29) is 5.82 Å². The van der Waals surface area contributed by atoms with Crippen LogP contribution in [0.1, 0.15) is 17.5 Å². The molecule has 0 saturated carbocycles. The maximum atomic E-state index is 13.5. The molecule has 0 atom stereocenters. The molecule has 10 heteroatoms. The highest BCUT2D eigenvalue weighted by Crippen LogP contribution is 2.28. The van der Waals surface area contributed by atoms with E-state index in [4.69, 9.17) is 4.98 Å². The molecule has 2 aromatic carbocycles. The quantitative estimate of drug-likeness (QED) is 0.365. The topological polar surface area (TPSA) is 108 Å². The van der Waals surface area contributed by atoms with Crippen LogP contribution in [-0.2, 0) is 13.0 Å². The van der Waals surface area contributed by atoms with Crippen LogP contribution in [0.4, 0.5) is 16.0 Å². The first-order chi connectivity index (χ1) is 15.1. The van der Waals surface area contributed by atoms with Gasteiger partial charge in [-0.05, 0) is 42.1 Å². The van der Waals surface area contributed by atoms with E-state index in [0.29, 0.717) is 34.7 Å². The van der Waals surface area contributed by atoms with Gasteiger partial charge in [0.25, 0.3) is 5.95 Å². The Morgan fingerprint density at radius 3 is 2.87 bits per heavy atom. The van der Waals surface area contributed by atoms with Gasteiger partial charge in [-0.1, -0.05) is 24.3 Å². The highest BCUT2D eigenvalue weighted by Gasteiger charge is 2.21. The number of benzene rings is 2. The zero-order valence-corrected chi connectivity index (χ0v) is 16.6. The van der Waals surface area contributed by atoms with E-state index in [2.05, 4.69) is 20.7 Å². The van der Waals surface area contributed by atoms with Gasteiger partial charge in [-0.3, -0.25) is 0 Å². The third-order valence-electron chi connectivity index (χ3n) is 5.36. The Kier molecular flexibility index (Phi) is 5.01. The Hall–Kier alpha value is -3.50. The first-order valence-corrected chi connectivity index (χ1v) is 10.1. The zero-order chi connectivity index (χ0) is 21.4. The molecule has 31 heavy (non-hydrogen) atoms. The average Bonchev–Trinajstić information content (AvgIpc) is 3.21. The van der Waals surface area contributed by atoms with Crippen LogP contribution in [0.3, 0.4) is 0 Å². The van der Waals surface area contributed by atoms with Gasteiger partial charge < -0.3 is 20.7 Å². The van der Waals surface area contributed by atoms with Crippen molar-refractivity contribution in [2.45, 2.75) is 19.4 Å². The minimum Gasteiger partial charge on any atom is -0.423 e. The number of hydrogen-bond donors (Lipinski definition) is 4. The van der Waals surface area contributed by atoms with Crippen LogP contribution >= 0.6 is 0 Å². The van der Waals surface area contributed by atoms with Gasteiger partial charge >= 0.3 is 7.12 Å². The lowest BCUT2D eigenvalue weighted by molar-refractivity contribution is 0.426. The van der Waals surface area contributed by atoms with Gasteiger partial charge in [-0.25, -0.2) is 4.39 Å². The van der Waals surface area contributed by atoms with Crippen molar-refractivity contribution in [1.29, 1.82) is 0 Å². The molecule has 0 spiro atoms. The minimum atomic E-state index is -1.60. The number of rotatable bonds is 5. The molecule has 5 rings (SSSR count). The molecule has 0 bridgehead atoms. The molecule has 1 aliphatic heterocycles. The van der Waals surface area contributed by atoms with Crippen LogP contribution in [0.2, 0.25) is 0 Å². The molecule has 0 radical (unpaired) electrons. The monoisotopic (exact) mass is 418 g/mol. The number of halogens is 1. The van der Waals surface area contributed by atoms with Gasteiger partial charge in [0.15, 0.2) is 0 Å². The molecule has 1 aliphatic rings. The summed E-state index contributed by atoms with van der Waals surface area (Å²) in [5, 5.41) is 30.9. The predicted octanol–water partition coefficient (Wildman–Crippen LogP) is 1.60. The highest BCUT2D eigenvalue weighted by molar-refractivity contribution is 6.61. The summed E-state index contributed by atoms with van der Waals surface area (Å²) < 4.78 is 15.1. The molecule has 0 amide bonds. The minimum absolute atomic E-state index is 0.281. The Morgan fingerprint density at radius 1 is 1.16 bits per heavy atom. The van der Waals surface area contributed by atoms with Crippen LogP contribution in [-0.4, -0.2) is 43.5 Å². The van der Waals surface area contributed by atoms with E-state index >= 15 is 0 Å².